The van der Waals surface area contributed by atoms with E-state index in [0.717, 1.165) is 12.1 Å². The number of sulfonamides is 1. The summed E-state index contributed by atoms with van der Waals surface area (Å²) in [7, 11) is -2.64. The van der Waals surface area contributed by atoms with Crippen LogP contribution in [0.5, 0.6) is 0 Å². The Labute approximate surface area is 176 Å². The number of benzene rings is 1. The third-order valence-corrected chi connectivity index (χ3v) is 6.56. The third-order valence-electron chi connectivity index (χ3n) is 5.13. The topological polar surface area (TPSA) is 127 Å². The fourth-order valence-electron chi connectivity index (χ4n) is 3.66. The molecule has 0 spiro atoms. The molecular weight excluding hydrogens is 425 g/mol. The first kappa shape index (κ1) is 20.7. The molecule has 3 heterocycles. The summed E-state index contributed by atoms with van der Waals surface area (Å²) in [6.45, 7) is 3.36. The number of amides is 1. The Morgan fingerprint density at radius 2 is 2.00 bits per heavy atom. The molecule has 0 unspecified atom stereocenters. The van der Waals surface area contributed by atoms with Gasteiger partial charge in [-0.2, -0.15) is 0 Å². The molecule has 0 aliphatic rings. The molecule has 0 bridgehead atoms. The van der Waals surface area contributed by atoms with Crippen LogP contribution in [0, 0.1) is 19.7 Å². The maximum absolute atomic E-state index is 14.0. The second-order valence-electron chi connectivity index (χ2n) is 7.15. The molecule has 0 fully saturated rings. The highest BCUT2D eigenvalue weighted by molar-refractivity contribution is 7.90. The number of hydrogen-bond donors (Lipinski definition) is 2. The lowest BCUT2D eigenvalue weighted by atomic mass is 10.0. The van der Waals surface area contributed by atoms with Gasteiger partial charge in [-0.05, 0) is 49.2 Å². The average Bonchev–Trinajstić information content (AvgIpc) is 2.98. The van der Waals surface area contributed by atoms with Gasteiger partial charge in [0, 0.05) is 24.3 Å². The predicted octanol–water partition coefficient (Wildman–Crippen LogP) is 1.61. The van der Waals surface area contributed by atoms with Gasteiger partial charge in [0.25, 0.3) is 15.6 Å². The van der Waals surface area contributed by atoms with Gasteiger partial charge in [0.05, 0.1) is 16.7 Å². The van der Waals surface area contributed by atoms with Gasteiger partial charge in [-0.15, -0.1) is 0 Å². The molecule has 31 heavy (non-hydrogen) atoms. The van der Waals surface area contributed by atoms with Crippen molar-refractivity contribution in [2.75, 3.05) is 0 Å². The number of nitrogens with one attached hydrogen (secondary N) is 2. The first-order chi connectivity index (χ1) is 14.6. The van der Waals surface area contributed by atoms with E-state index in [9.17, 15) is 22.4 Å². The van der Waals surface area contributed by atoms with Gasteiger partial charge in [0.1, 0.15) is 11.3 Å². The highest BCUT2D eigenvalue weighted by Gasteiger charge is 2.24. The Hall–Kier alpha value is -3.60. The molecule has 9 nitrogen and oxygen atoms in total. The predicted molar refractivity (Wildman–Crippen MR) is 112 cm³/mol. The molecule has 0 atom stereocenters. The zero-order valence-electron chi connectivity index (χ0n) is 16.9. The normalized spacial score (nSPS) is 11.9. The second-order valence-corrected chi connectivity index (χ2v) is 8.80. The molecule has 1 aromatic carbocycles. The van der Waals surface area contributed by atoms with Gasteiger partial charge in [-0.1, -0.05) is 0 Å². The van der Waals surface area contributed by atoms with Gasteiger partial charge >= 0.3 is 0 Å². The molecule has 0 radical (unpaired) electrons. The minimum absolute atomic E-state index is 0.0640. The van der Waals surface area contributed by atoms with Gasteiger partial charge in [0.15, 0.2) is 5.65 Å². The number of halogens is 1. The number of aromatic amines is 1. The maximum Gasteiger partial charge on any atom is 0.273 e. The van der Waals surface area contributed by atoms with Crippen LogP contribution in [-0.4, -0.2) is 34.1 Å². The molecule has 2 N–H and O–H groups in total. The molecule has 11 heteroatoms. The number of rotatable bonds is 4. The zero-order chi connectivity index (χ0) is 22.5. The summed E-state index contributed by atoms with van der Waals surface area (Å²) in [6.07, 6.45) is 1.05. The monoisotopic (exact) mass is 443 g/mol. The molecule has 0 aliphatic carbocycles. The van der Waals surface area contributed by atoms with E-state index < -0.39 is 21.7 Å². The lowest BCUT2D eigenvalue weighted by Gasteiger charge is -2.12. The number of pyridine rings is 2. The first-order valence-electron chi connectivity index (χ1n) is 9.24. The zero-order valence-corrected chi connectivity index (χ0v) is 17.7. The molecule has 4 aromatic rings. The highest BCUT2D eigenvalue weighted by Crippen LogP contribution is 2.24. The standard InChI is InChI=1S/C20H18FN5O4S/c1-10-13(11(2)23-19-17(10)20(28)24-26(19)3)9-16(27)25-31(29,30)15-7-6-14(21)18-12(15)5-4-8-22-18/h4-8H,9H2,1-3H3,(H,24,28)(H,25,27). The number of aryl methyl sites for hydroxylation is 3. The van der Waals surface area contributed by atoms with E-state index in [4.69, 9.17) is 0 Å². The van der Waals surface area contributed by atoms with Crippen LogP contribution in [0.25, 0.3) is 21.9 Å². The van der Waals surface area contributed by atoms with Crippen molar-refractivity contribution in [3.05, 3.63) is 63.5 Å². The average molecular weight is 443 g/mol. The lowest BCUT2D eigenvalue weighted by molar-refractivity contribution is -0.118. The van der Waals surface area contributed by atoms with Crippen molar-refractivity contribution in [2.24, 2.45) is 7.05 Å². The smallest absolute Gasteiger partial charge is 0.273 e. The molecule has 4 rings (SSSR count). The fraction of sp³-hybridized carbons (Fsp3) is 0.200. The van der Waals surface area contributed by atoms with Gasteiger partial charge in [0.2, 0.25) is 5.91 Å². The van der Waals surface area contributed by atoms with Crippen LogP contribution in [0.3, 0.4) is 0 Å². The Bertz CT molecular complexity index is 1540. The van der Waals surface area contributed by atoms with Crippen LogP contribution >= 0.6 is 0 Å². The van der Waals surface area contributed by atoms with Crippen molar-refractivity contribution in [3.8, 4) is 0 Å². The minimum Gasteiger partial charge on any atom is -0.274 e. The van der Waals surface area contributed by atoms with E-state index in [2.05, 4.69) is 15.1 Å². The molecule has 1 amide bonds. The van der Waals surface area contributed by atoms with Crippen molar-refractivity contribution in [1.82, 2.24) is 24.5 Å². The first-order valence-corrected chi connectivity index (χ1v) is 10.7. The summed E-state index contributed by atoms with van der Waals surface area (Å²) in [5.41, 5.74) is 1.51. The molecule has 0 saturated carbocycles. The summed E-state index contributed by atoms with van der Waals surface area (Å²) in [4.78, 5) is 32.8. The summed E-state index contributed by atoms with van der Waals surface area (Å²) in [5, 5.41) is 3.02. The number of fused-ring (bicyclic) bond motifs is 2. The van der Waals surface area contributed by atoms with Crippen LogP contribution in [-0.2, 0) is 28.3 Å². The van der Waals surface area contributed by atoms with Crippen molar-refractivity contribution in [2.45, 2.75) is 25.2 Å². The number of carbonyl (C=O) groups excluding carboxylic acids is 1. The summed E-state index contributed by atoms with van der Waals surface area (Å²) in [5.74, 6) is -1.47. The van der Waals surface area contributed by atoms with Crippen LogP contribution in [0.2, 0.25) is 0 Å². The van der Waals surface area contributed by atoms with E-state index in [1.165, 1.54) is 23.0 Å². The highest BCUT2D eigenvalue weighted by atomic mass is 32.2. The van der Waals surface area contributed by atoms with Crippen molar-refractivity contribution in [3.63, 3.8) is 0 Å². The number of nitrogens with zero attached hydrogens (tertiary/aromatic N) is 3. The Morgan fingerprint density at radius 1 is 1.26 bits per heavy atom. The van der Waals surface area contributed by atoms with Crippen LogP contribution in [0.4, 0.5) is 4.39 Å². The third kappa shape index (κ3) is 3.46. The molecule has 160 valence electrons. The largest absolute Gasteiger partial charge is 0.274 e. The molecule has 0 aliphatic heterocycles. The minimum atomic E-state index is -4.29. The summed E-state index contributed by atoms with van der Waals surface area (Å²) in [6, 6.07) is 4.97. The Balaban J connectivity index is 1.69. The van der Waals surface area contributed by atoms with Gasteiger partial charge < -0.3 is 0 Å². The number of H-pyrrole nitrogens is 1. The van der Waals surface area contributed by atoms with Gasteiger partial charge in [-0.25, -0.2) is 22.5 Å². The van der Waals surface area contributed by atoms with E-state index in [-0.39, 0.29) is 27.8 Å². The van der Waals surface area contributed by atoms with Crippen molar-refractivity contribution in [1.29, 1.82) is 0 Å². The number of aromatic nitrogens is 4. The van der Waals surface area contributed by atoms with E-state index in [0.29, 0.717) is 27.9 Å². The lowest BCUT2D eigenvalue weighted by Crippen LogP contribution is -2.32. The fourth-order valence-corrected chi connectivity index (χ4v) is 4.84. The van der Waals surface area contributed by atoms with Crippen LogP contribution < -0.4 is 10.3 Å². The number of carbonyl (C=O) groups is 1. The Kier molecular flexibility index (Phi) is 4.85. The quantitative estimate of drug-likeness (QED) is 0.493. The Morgan fingerprint density at radius 3 is 2.74 bits per heavy atom. The SMILES string of the molecule is Cc1nc2c(c(C)c1CC(=O)NS(=O)(=O)c1ccc(F)c3ncccc13)c(=O)[nH]n2C. The summed E-state index contributed by atoms with van der Waals surface area (Å²) < 4.78 is 43.2. The van der Waals surface area contributed by atoms with Gasteiger partial charge in [-0.3, -0.25) is 24.4 Å². The van der Waals surface area contributed by atoms with E-state index in [1.54, 1.807) is 20.9 Å². The van der Waals surface area contributed by atoms with Crippen molar-refractivity contribution < 1.29 is 17.6 Å². The second kappa shape index (κ2) is 7.27. The van der Waals surface area contributed by atoms with E-state index >= 15 is 0 Å². The molecule has 0 saturated heterocycles. The van der Waals surface area contributed by atoms with Crippen LogP contribution in [0.1, 0.15) is 16.8 Å². The molecule has 3 aromatic heterocycles. The molecular formula is C20H18FN5O4S. The van der Waals surface area contributed by atoms with Crippen molar-refractivity contribution >= 4 is 37.9 Å². The maximum atomic E-state index is 14.0. The number of hydrogen-bond acceptors (Lipinski definition) is 6. The van der Waals surface area contributed by atoms with E-state index in [1.807, 2.05) is 4.72 Å². The van der Waals surface area contributed by atoms with Crippen LogP contribution in [0.15, 0.2) is 40.2 Å². The summed E-state index contributed by atoms with van der Waals surface area (Å²) >= 11 is 0.